The molecule has 3 N–H and O–H groups in total. The summed E-state index contributed by atoms with van der Waals surface area (Å²) >= 11 is 0. The van der Waals surface area contributed by atoms with Crippen molar-refractivity contribution >= 4 is 35.8 Å². The first-order chi connectivity index (χ1) is 14.2. The highest BCUT2D eigenvalue weighted by Gasteiger charge is 2.21. The van der Waals surface area contributed by atoms with Crippen LogP contribution in [0.2, 0.25) is 0 Å². The predicted octanol–water partition coefficient (Wildman–Crippen LogP) is 3.19. The Hall–Kier alpha value is -1.13. The number of nitrogens with one attached hydrogen (secondary N) is 3. The second kappa shape index (κ2) is 16.5. The van der Waals surface area contributed by atoms with Crippen LogP contribution in [0.5, 0.6) is 0 Å². The van der Waals surface area contributed by atoms with Crippen molar-refractivity contribution < 1.29 is 4.74 Å². The predicted molar refractivity (Wildman–Crippen MR) is 137 cm³/mol. The largest absolute Gasteiger partial charge is 0.379 e. The van der Waals surface area contributed by atoms with E-state index in [0.717, 1.165) is 77.1 Å². The van der Waals surface area contributed by atoms with Crippen LogP contribution in [0, 0.1) is 5.92 Å². The van der Waals surface area contributed by atoms with Gasteiger partial charge in [-0.3, -0.25) is 9.89 Å². The van der Waals surface area contributed by atoms with Gasteiger partial charge >= 0.3 is 0 Å². The molecular formula is C22H41IN6O. The maximum absolute atomic E-state index is 5.52. The van der Waals surface area contributed by atoms with Gasteiger partial charge in [-0.05, 0) is 44.2 Å². The molecule has 2 rings (SSSR count). The van der Waals surface area contributed by atoms with E-state index in [1.807, 2.05) is 24.4 Å². The molecule has 7 nitrogen and oxygen atoms in total. The number of pyridine rings is 1. The minimum absolute atomic E-state index is 0. The first-order valence-corrected chi connectivity index (χ1v) is 11.2. The fraction of sp³-hybridized carbons (Fsp3) is 0.727. The van der Waals surface area contributed by atoms with Crippen LogP contribution < -0.4 is 16.0 Å². The molecule has 0 bridgehead atoms. The van der Waals surface area contributed by atoms with Crippen LogP contribution in [0.4, 0.5) is 5.82 Å². The number of nitrogens with zero attached hydrogens (tertiary/aromatic N) is 3. The lowest BCUT2D eigenvalue weighted by atomic mass is 10.0. The number of hydrogen-bond donors (Lipinski definition) is 3. The third-order valence-corrected chi connectivity index (χ3v) is 4.98. The number of aliphatic imine (C=N–C) groups is 1. The van der Waals surface area contributed by atoms with Gasteiger partial charge in [0.25, 0.3) is 0 Å². The van der Waals surface area contributed by atoms with E-state index < -0.39 is 0 Å². The molecule has 2 heterocycles. The summed E-state index contributed by atoms with van der Waals surface area (Å²) in [5, 5.41) is 10.2. The van der Waals surface area contributed by atoms with Crippen molar-refractivity contribution in [3.05, 3.63) is 24.4 Å². The third kappa shape index (κ3) is 11.3. The molecule has 0 aliphatic carbocycles. The highest BCUT2D eigenvalue weighted by Crippen LogP contribution is 2.14. The van der Waals surface area contributed by atoms with E-state index in [1.165, 1.54) is 6.42 Å². The number of unbranched alkanes of at least 4 members (excludes halogenated alkanes) is 1. The smallest absolute Gasteiger partial charge is 0.191 e. The van der Waals surface area contributed by atoms with Crippen molar-refractivity contribution in [2.45, 2.75) is 46.1 Å². The molecule has 0 aromatic carbocycles. The van der Waals surface area contributed by atoms with Gasteiger partial charge < -0.3 is 20.7 Å². The van der Waals surface area contributed by atoms with Crippen molar-refractivity contribution in [2.24, 2.45) is 10.9 Å². The highest BCUT2D eigenvalue weighted by atomic mass is 127. The Labute approximate surface area is 199 Å². The van der Waals surface area contributed by atoms with Gasteiger partial charge in [0.15, 0.2) is 5.96 Å². The zero-order chi connectivity index (χ0) is 20.7. The molecule has 0 amide bonds. The minimum atomic E-state index is 0. The van der Waals surface area contributed by atoms with E-state index in [-0.39, 0.29) is 24.0 Å². The number of anilines is 1. The number of guanidine groups is 1. The lowest BCUT2D eigenvalue weighted by Crippen LogP contribution is -2.46. The van der Waals surface area contributed by atoms with Crippen LogP contribution in [0.3, 0.4) is 0 Å². The van der Waals surface area contributed by atoms with Crippen LogP contribution in [-0.2, 0) is 4.74 Å². The number of hydrogen-bond acceptors (Lipinski definition) is 5. The van der Waals surface area contributed by atoms with E-state index in [0.29, 0.717) is 12.0 Å². The van der Waals surface area contributed by atoms with Gasteiger partial charge in [-0.25, -0.2) is 4.98 Å². The average Bonchev–Trinajstić information content (AvgIpc) is 2.74. The highest BCUT2D eigenvalue weighted by molar-refractivity contribution is 14.0. The Morgan fingerprint density at radius 1 is 1.17 bits per heavy atom. The normalized spacial score (nSPS) is 16.1. The molecule has 0 radical (unpaired) electrons. The molecule has 1 unspecified atom stereocenters. The summed E-state index contributed by atoms with van der Waals surface area (Å²) in [7, 11) is 0. The summed E-state index contributed by atoms with van der Waals surface area (Å²) in [5.41, 5.74) is 0. The van der Waals surface area contributed by atoms with Gasteiger partial charge in [-0.1, -0.05) is 19.9 Å². The van der Waals surface area contributed by atoms with E-state index in [2.05, 4.69) is 46.6 Å². The molecular weight excluding hydrogens is 491 g/mol. The summed E-state index contributed by atoms with van der Waals surface area (Å²) < 4.78 is 5.52. The zero-order valence-electron chi connectivity index (χ0n) is 18.9. The molecule has 1 fully saturated rings. The summed E-state index contributed by atoms with van der Waals surface area (Å²) in [6, 6.07) is 6.41. The molecule has 1 aromatic heterocycles. The minimum Gasteiger partial charge on any atom is -0.379 e. The van der Waals surface area contributed by atoms with Gasteiger partial charge in [0.05, 0.1) is 19.8 Å². The lowest BCUT2D eigenvalue weighted by Gasteiger charge is -2.34. The van der Waals surface area contributed by atoms with Crippen molar-refractivity contribution in [1.29, 1.82) is 0 Å². The Kier molecular flexibility index (Phi) is 14.8. The fourth-order valence-electron chi connectivity index (χ4n) is 3.50. The number of ether oxygens (including phenoxy) is 1. The van der Waals surface area contributed by atoms with Crippen molar-refractivity contribution in [3.63, 3.8) is 0 Å². The first kappa shape index (κ1) is 26.9. The van der Waals surface area contributed by atoms with Gasteiger partial charge in [-0.15, -0.1) is 24.0 Å². The molecule has 1 aliphatic heterocycles. The molecule has 0 spiro atoms. The van der Waals surface area contributed by atoms with Crippen LogP contribution in [0.25, 0.3) is 0 Å². The van der Waals surface area contributed by atoms with Crippen LogP contribution in [0.1, 0.15) is 40.0 Å². The molecule has 1 saturated heterocycles. The number of halogens is 1. The number of aromatic nitrogens is 1. The lowest BCUT2D eigenvalue weighted by molar-refractivity contribution is 0.0143. The van der Waals surface area contributed by atoms with E-state index in [4.69, 9.17) is 9.73 Å². The van der Waals surface area contributed by atoms with E-state index >= 15 is 0 Å². The first-order valence-electron chi connectivity index (χ1n) is 11.2. The Bertz CT molecular complexity index is 566. The maximum Gasteiger partial charge on any atom is 0.191 e. The number of rotatable bonds is 12. The second-order valence-corrected chi connectivity index (χ2v) is 7.93. The van der Waals surface area contributed by atoms with Gasteiger partial charge in [-0.2, -0.15) is 0 Å². The molecule has 0 saturated carbocycles. The molecule has 30 heavy (non-hydrogen) atoms. The van der Waals surface area contributed by atoms with E-state index in [1.54, 1.807) is 0 Å². The summed E-state index contributed by atoms with van der Waals surface area (Å²) in [6.45, 7) is 13.9. The zero-order valence-corrected chi connectivity index (χ0v) is 21.2. The van der Waals surface area contributed by atoms with Crippen molar-refractivity contribution in [2.75, 3.05) is 57.8 Å². The topological polar surface area (TPSA) is 73.8 Å². The van der Waals surface area contributed by atoms with Gasteiger partial charge in [0.2, 0.25) is 0 Å². The second-order valence-electron chi connectivity index (χ2n) is 7.93. The Balaban J connectivity index is 0.00000450. The summed E-state index contributed by atoms with van der Waals surface area (Å²) in [6.07, 6.45) is 5.16. The van der Waals surface area contributed by atoms with Crippen LogP contribution >= 0.6 is 24.0 Å². The Morgan fingerprint density at radius 3 is 2.60 bits per heavy atom. The molecule has 8 heteroatoms. The quantitative estimate of drug-likeness (QED) is 0.166. The van der Waals surface area contributed by atoms with Crippen molar-refractivity contribution in [1.82, 2.24) is 20.5 Å². The SMILES string of the molecule is CCNC(=NCC(CC(C)C)N1CCOCC1)NCCCCNc1ccccn1.I. The number of morpholine rings is 1. The van der Waals surface area contributed by atoms with Gasteiger partial charge in [0, 0.05) is 45.0 Å². The average molecular weight is 533 g/mol. The molecule has 1 aliphatic rings. The maximum atomic E-state index is 5.52. The summed E-state index contributed by atoms with van der Waals surface area (Å²) in [5.74, 6) is 2.53. The fourth-order valence-corrected chi connectivity index (χ4v) is 3.50. The summed E-state index contributed by atoms with van der Waals surface area (Å²) in [4.78, 5) is 11.7. The van der Waals surface area contributed by atoms with E-state index in [9.17, 15) is 0 Å². The van der Waals surface area contributed by atoms with Crippen LogP contribution in [-0.4, -0.2) is 74.4 Å². The molecule has 1 atom stereocenters. The van der Waals surface area contributed by atoms with Gasteiger partial charge in [0.1, 0.15) is 5.82 Å². The van der Waals surface area contributed by atoms with Crippen molar-refractivity contribution in [3.8, 4) is 0 Å². The monoisotopic (exact) mass is 532 g/mol. The molecule has 1 aromatic rings. The third-order valence-electron chi connectivity index (χ3n) is 4.98. The van der Waals surface area contributed by atoms with Crippen LogP contribution in [0.15, 0.2) is 29.4 Å². The molecule has 172 valence electrons. The standard InChI is InChI=1S/C22H40N6O.HI/c1-4-23-22(26-12-8-7-11-25-21-9-5-6-10-24-21)27-18-20(17-19(2)3)28-13-15-29-16-14-28;/h5-6,9-10,19-20H,4,7-8,11-18H2,1-3H3,(H,24,25)(H2,23,26,27);1H. The Morgan fingerprint density at radius 2 is 1.93 bits per heavy atom.